The molecule has 8 nitrogen and oxygen atoms in total. The van der Waals surface area contributed by atoms with Crippen molar-refractivity contribution in [2.45, 2.75) is 56.9 Å². The van der Waals surface area contributed by atoms with E-state index in [0.717, 1.165) is 50.3 Å². The Hall–Kier alpha value is -2.51. The van der Waals surface area contributed by atoms with E-state index in [-0.39, 0.29) is 11.9 Å². The van der Waals surface area contributed by atoms with E-state index in [1.165, 1.54) is 24.1 Å². The molecular weight excluding hydrogens is 320 g/mol. The molecule has 1 atom stereocenters. The molecule has 5 rings (SSSR count). The number of carbonyl (C=O) groups is 1. The fourth-order valence-electron chi connectivity index (χ4n) is 3.94. The smallest absolute Gasteiger partial charge is 0.290 e. The quantitative estimate of drug-likeness (QED) is 0.901. The molecule has 2 aliphatic carbocycles. The number of primary amides is 1. The molecular formula is C17H20N6O2. The number of amides is 1. The van der Waals surface area contributed by atoms with Crippen molar-refractivity contribution in [3.63, 3.8) is 0 Å². The molecule has 2 N–H and O–H groups in total. The van der Waals surface area contributed by atoms with Crippen LogP contribution in [-0.4, -0.2) is 32.6 Å². The third-order valence-electron chi connectivity index (χ3n) is 5.34. The van der Waals surface area contributed by atoms with Gasteiger partial charge in [0.05, 0.1) is 0 Å². The molecule has 0 aromatic carbocycles. The van der Waals surface area contributed by atoms with Gasteiger partial charge in [-0.05, 0) is 44.9 Å². The van der Waals surface area contributed by atoms with E-state index in [0.29, 0.717) is 11.8 Å². The third-order valence-corrected chi connectivity index (χ3v) is 5.34. The molecule has 0 bridgehead atoms. The summed E-state index contributed by atoms with van der Waals surface area (Å²) < 4.78 is 5.32. The Morgan fingerprint density at radius 2 is 2.00 bits per heavy atom. The van der Waals surface area contributed by atoms with Gasteiger partial charge in [0, 0.05) is 23.7 Å². The van der Waals surface area contributed by atoms with E-state index in [4.69, 9.17) is 20.2 Å². The first kappa shape index (κ1) is 14.8. The Bertz CT molecular complexity index is 844. The Labute approximate surface area is 144 Å². The first-order valence-electron chi connectivity index (χ1n) is 9.00. The van der Waals surface area contributed by atoms with Crippen molar-refractivity contribution in [3.05, 3.63) is 28.8 Å². The Morgan fingerprint density at radius 3 is 2.76 bits per heavy atom. The van der Waals surface area contributed by atoms with Crippen molar-refractivity contribution in [1.29, 1.82) is 0 Å². The Kier molecular flexibility index (Phi) is 3.26. The molecule has 1 saturated carbocycles. The van der Waals surface area contributed by atoms with Gasteiger partial charge in [0.25, 0.3) is 11.7 Å². The molecule has 8 heteroatoms. The molecule has 0 unspecified atom stereocenters. The minimum absolute atomic E-state index is 0.0488. The largest absolute Gasteiger partial charge is 0.363 e. The van der Waals surface area contributed by atoms with Crippen LogP contribution < -0.4 is 10.6 Å². The summed E-state index contributed by atoms with van der Waals surface area (Å²) >= 11 is 0. The number of rotatable bonds is 4. The van der Waals surface area contributed by atoms with E-state index in [9.17, 15) is 4.79 Å². The molecule has 130 valence electrons. The molecule has 2 aromatic heterocycles. The highest BCUT2D eigenvalue weighted by molar-refractivity contribution is 5.88. The zero-order valence-corrected chi connectivity index (χ0v) is 13.9. The highest BCUT2D eigenvalue weighted by atomic mass is 16.5. The molecule has 0 spiro atoms. The van der Waals surface area contributed by atoms with Gasteiger partial charge in [0.1, 0.15) is 17.7 Å². The lowest BCUT2D eigenvalue weighted by atomic mass is 10.2. The molecule has 3 aliphatic rings. The summed E-state index contributed by atoms with van der Waals surface area (Å²) in [6, 6.07) is -0.0488. The summed E-state index contributed by atoms with van der Waals surface area (Å²) in [6.45, 7) is 0.895. The first-order valence-corrected chi connectivity index (χ1v) is 9.00. The maximum Gasteiger partial charge on any atom is 0.290 e. The van der Waals surface area contributed by atoms with Crippen LogP contribution in [0.4, 0.5) is 5.82 Å². The second-order valence-corrected chi connectivity index (χ2v) is 7.13. The van der Waals surface area contributed by atoms with E-state index in [1.54, 1.807) is 0 Å². The predicted octanol–water partition coefficient (Wildman–Crippen LogP) is 1.67. The van der Waals surface area contributed by atoms with Gasteiger partial charge in [-0.1, -0.05) is 5.16 Å². The number of fused-ring (bicyclic) bond motifs is 1. The lowest BCUT2D eigenvalue weighted by Gasteiger charge is -2.25. The number of aryl methyl sites for hydroxylation is 1. The van der Waals surface area contributed by atoms with Crippen molar-refractivity contribution >= 4 is 11.7 Å². The van der Waals surface area contributed by atoms with Gasteiger partial charge in [0.2, 0.25) is 5.89 Å². The second-order valence-electron chi connectivity index (χ2n) is 7.13. The number of carbonyl (C=O) groups excluding carboxylic acids is 1. The number of nitrogens with zero attached hydrogens (tertiary/aromatic N) is 5. The summed E-state index contributed by atoms with van der Waals surface area (Å²) in [6.07, 6.45) is 7.50. The summed E-state index contributed by atoms with van der Waals surface area (Å²) in [5, 5.41) is 3.70. The fourth-order valence-corrected chi connectivity index (χ4v) is 3.94. The van der Waals surface area contributed by atoms with Crippen LogP contribution in [0.5, 0.6) is 0 Å². The van der Waals surface area contributed by atoms with Gasteiger partial charge in [-0.2, -0.15) is 4.98 Å². The molecule has 0 radical (unpaired) electrons. The number of hydrogen-bond acceptors (Lipinski definition) is 7. The minimum atomic E-state index is -0.668. The van der Waals surface area contributed by atoms with Gasteiger partial charge in [-0.3, -0.25) is 4.79 Å². The van der Waals surface area contributed by atoms with Crippen LogP contribution >= 0.6 is 0 Å². The van der Waals surface area contributed by atoms with E-state index < -0.39 is 5.91 Å². The maximum atomic E-state index is 11.3. The molecule has 3 heterocycles. The molecule has 1 aliphatic heterocycles. The van der Waals surface area contributed by atoms with Crippen molar-refractivity contribution in [3.8, 4) is 0 Å². The van der Waals surface area contributed by atoms with Gasteiger partial charge >= 0.3 is 0 Å². The van der Waals surface area contributed by atoms with Gasteiger partial charge in [-0.15, -0.1) is 0 Å². The van der Waals surface area contributed by atoms with E-state index >= 15 is 0 Å². The van der Waals surface area contributed by atoms with Crippen molar-refractivity contribution in [2.75, 3.05) is 11.4 Å². The number of nitrogens with two attached hydrogens (primary N) is 1. The summed E-state index contributed by atoms with van der Waals surface area (Å²) in [4.78, 5) is 27.5. The van der Waals surface area contributed by atoms with Crippen molar-refractivity contribution in [1.82, 2.24) is 20.1 Å². The molecule has 2 fully saturated rings. The zero-order chi connectivity index (χ0) is 17.0. The Morgan fingerprint density at radius 1 is 1.12 bits per heavy atom. The molecule has 1 amide bonds. The van der Waals surface area contributed by atoms with Crippen LogP contribution in [0.2, 0.25) is 0 Å². The second kappa shape index (κ2) is 5.50. The third kappa shape index (κ3) is 2.47. The normalized spacial score (nSPS) is 22.4. The first-order chi connectivity index (χ1) is 12.2. The van der Waals surface area contributed by atoms with Crippen LogP contribution in [0.1, 0.15) is 77.7 Å². The predicted molar refractivity (Wildman–Crippen MR) is 88.2 cm³/mol. The highest BCUT2D eigenvalue weighted by Gasteiger charge is 2.36. The average Bonchev–Trinajstić information content (AvgIpc) is 3.05. The average molecular weight is 340 g/mol. The van der Waals surface area contributed by atoms with E-state index in [1.807, 2.05) is 0 Å². The number of aromatic nitrogens is 4. The highest BCUT2D eigenvalue weighted by Crippen LogP contribution is 2.43. The van der Waals surface area contributed by atoms with E-state index in [2.05, 4.69) is 15.0 Å². The summed E-state index contributed by atoms with van der Waals surface area (Å²) in [5.74, 6) is 2.27. The van der Waals surface area contributed by atoms with Crippen LogP contribution in [0.25, 0.3) is 0 Å². The molecule has 25 heavy (non-hydrogen) atoms. The number of anilines is 1. The van der Waals surface area contributed by atoms with Crippen LogP contribution in [0.3, 0.4) is 0 Å². The summed E-state index contributed by atoms with van der Waals surface area (Å²) in [5.41, 5.74) is 7.73. The minimum Gasteiger partial charge on any atom is -0.363 e. The van der Waals surface area contributed by atoms with Gasteiger partial charge in [-0.25, -0.2) is 9.97 Å². The topological polar surface area (TPSA) is 111 Å². The fraction of sp³-hybridized carbons (Fsp3) is 0.588. The van der Waals surface area contributed by atoms with Gasteiger partial charge in [0.15, 0.2) is 0 Å². The molecule has 1 saturated heterocycles. The van der Waals surface area contributed by atoms with Crippen LogP contribution in [0, 0.1) is 0 Å². The molecule has 2 aromatic rings. The Balaban J connectivity index is 1.54. The van der Waals surface area contributed by atoms with Crippen LogP contribution in [0.15, 0.2) is 4.52 Å². The van der Waals surface area contributed by atoms with Crippen molar-refractivity contribution in [2.24, 2.45) is 5.73 Å². The zero-order valence-electron chi connectivity index (χ0n) is 13.9. The van der Waals surface area contributed by atoms with Crippen LogP contribution in [-0.2, 0) is 12.8 Å². The van der Waals surface area contributed by atoms with Gasteiger partial charge < -0.3 is 15.2 Å². The standard InChI is InChI=1S/C17H20N6O2/c18-13(24)15-21-17(25-22-15)12-5-2-8-23(12)16-10-3-1-4-11(10)19-14(20-16)9-6-7-9/h9,12H,1-8H2,(H2,18,24)/t12-/m1/s1. The van der Waals surface area contributed by atoms with Crippen molar-refractivity contribution < 1.29 is 9.32 Å². The summed E-state index contributed by atoms with van der Waals surface area (Å²) in [7, 11) is 0. The monoisotopic (exact) mass is 340 g/mol. The SMILES string of the molecule is NC(=O)c1noc([C@H]2CCCN2c2nc(C3CC3)nc3c2CCC3)n1. The number of hydrogen-bond donors (Lipinski definition) is 1. The lowest BCUT2D eigenvalue weighted by Crippen LogP contribution is -2.26. The lowest BCUT2D eigenvalue weighted by molar-refractivity contribution is 0.0987. The maximum absolute atomic E-state index is 11.3.